The number of thioether (sulfide) groups is 1. The highest BCUT2D eigenvalue weighted by Crippen LogP contribution is 2.32. The van der Waals surface area contributed by atoms with E-state index >= 15 is 0 Å². The summed E-state index contributed by atoms with van der Waals surface area (Å²) >= 11 is 25.3. The van der Waals surface area contributed by atoms with Crippen LogP contribution in [0.1, 0.15) is 25.8 Å². The fourth-order valence-electron chi connectivity index (χ4n) is 2.74. The molecular weight excluding hydrogens is 502 g/mol. The van der Waals surface area contributed by atoms with E-state index in [-0.39, 0.29) is 17.8 Å². The Hall–Kier alpha value is -1.64. The summed E-state index contributed by atoms with van der Waals surface area (Å²) in [6.07, 6.45) is -0.357. The lowest BCUT2D eigenvalue weighted by atomic mass is 10.3. The van der Waals surface area contributed by atoms with Crippen LogP contribution in [0.15, 0.2) is 41.6 Å². The lowest BCUT2D eigenvalue weighted by molar-refractivity contribution is -0.113. The minimum absolute atomic E-state index is 0.109. The van der Waals surface area contributed by atoms with Crippen LogP contribution >= 0.6 is 58.2 Å². The molecular formula is C20H18Cl4N4O2S. The van der Waals surface area contributed by atoms with E-state index in [1.54, 1.807) is 12.1 Å². The van der Waals surface area contributed by atoms with Crippen molar-refractivity contribution in [3.8, 4) is 5.75 Å². The molecule has 0 aliphatic rings. The maximum atomic E-state index is 12.4. The summed E-state index contributed by atoms with van der Waals surface area (Å²) in [4.78, 5) is 12.4. The molecule has 0 radical (unpaired) electrons. The molecule has 11 heteroatoms. The van der Waals surface area contributed by atoms with Gasteiger partial charge in [-0.25, -0.2) is 0 Å². The zero-order valence-corrected chi connectivity index (χ0v) is 20.4. The average Bonchev–Trinajstić information content (AvgIpc) is 3.13. The summed E-state index contributed by atoms with van der Waals surface area (Å²) < 4.78 is 7.84. The molecule has 3 aromatic rings. The first-order valence-corrected chi connectivity index (χ1v) is 11.7. The van der Waals surface area contributed by atoms with Crippen LogP contribution in [0.2, 0.25) is 20.1 Å². The summed E-state index contributed by atoms with van der Waals surface area (Å²) in [6, 6.07) is 10.1. The van der Waals surface area contributed by atoms with Crippen LogP contribution < -0.4 is 10.1 Å². The maximum Gasteiger partial charge on any atom is 0.234 e. The van der Waals surface area contributed by atoms with Gasteiger partial charge in [0, 0.05) is 11.6 Å². The molecule has 6 nitrogen and oxygen atoms in total. The van der Waals surface area contributed by atoms with Crippen molar-refractivity contribution in [2.75, 3.05) is 11.1 Å². The Bertz CT molecular complexity index is 1090. The summed E-state index contributed by atoms with van der Waals surface area (Å²) in [5.74, 6) is 1.13. The minimum Gasteiger partial charge on any atom is -0.483 e. The van der Waals surface area contributed by atoms with Crippen molar-refractivity contribution in [2.24, 2.45) is 0 Å². The van der Waals surface area contributed by atoms with Gasteiger partial charge in [-0.15, -0.1) is 10.2 Å². The molecule has 1 N–H and O–H groups in total. The Morgan fingerprint density at radius 3 is 2.58 bits per heavy atom. The number of halogens is 4. The van der Waals surface area contributed by atoms with E-state index in [2.05, 4.69) is 15.5 Å². The van der Waals surface area contributed by atoms with Crippen LogP contribution in [0, 0.1) is 0 Å². The number of hydrogen-bond donors (Lipinski definition) is 1. The predicted molar refractivity (Wildman–Crippen MR) is 127 cm³/mol. The summed E-state index contributed by atoms with van der Waals surface area (Å²) in [5, 5.41) is 13.3. The maximum absolute atomic E-state index is 12.4. The van der Waals surface area contributed by atoms with Crippen molar-refractivity contribution in [2.45, 2.75) is 31.7 Å². The van der Waals surface area contributed by atoms with Gasteiger partial charge in [0.1, 0.15) is 5.75 Å². The first-order chi connectivity index (χ1) is 14.8. The molecule has 1 amide bonds. The highest BCUT2D eigenvalue weighted by Gasteiger charge is 2.20. The van der Waals surface area contributed by atoms with Gasteiger partial charge in [0.15, 0.2) is 17.1 Å². The minimum atomic E-state index is -0.357. The van der Waals surface area contributed by atoms with Crippen LogP contribution in [0.5, 0.6) is 5.75 Å². The quantitative estimate of drug-likeness (QED) is 0.262. The molecule has 1 unspecified atom stereocenters. The number of benzene rings is 2. The van der Waals surface area contributed by atoms with E-state index in [0.717, 1.165) is 0 Å². The molecule has 0 fully saturated rings. The Morgan fingerprint density at radius 2 is 1.87 bits per heavy atom. The van der Waals surface area contributed by atoms with Crippen molar-refractivity contribution in [1.29, 1.82) is 0 Å². The summed E-state index contributed by atoms with van der Waals surface area (Å²) in [5.41, 5.74) is 0.392. The van der Waals surface area contributed by atoms with Crippen molar-refractivity contribution in [3.05, 3.63) is 62.3 Å². The SMILES string of the molecule is CCn1c(SCC(=O)Nc2cc(Cl)c(Cl)cc2Cl)nnc1C(C)Oc1cccc(Cl)c1. The third kappa shape index (κ3) is 6.20. The normalized spacial score (nSPS) is 11.9. The molecule has 1 aromatic heterocycles. The number of nitrogens with one attached hydrogen (secondary N) is 1. The van der Waals surface area contributed by atoms with E-state index in [4.69, 9.17) is 51.1 Å². The zero-order valence-electron chi connectivity index (χ0n) is 16.5. The number of amides is 1. The molecule has 1 atom stereocenters. The molecule has 0 bridgehead atoms. The topological polar surface area (TPSA) is 69.0 Å². The molecule has 3 rings (SSSR count). The summed E-state index contributed by atoms with van der Waals surface area (Å²) in [6.45, 7) is 4.47. The van der Waals surface area contributed by atoms with Crippen LogP contribution in [0.25, 0.3) is 0 Å². The molecule has 0 saturated heterocycles. The first-order valence-electron chi connectivity index (χ1n) is 9.21. The predicted octanol–water partition coefficient (Wildman–Crippen LogP) is 6.78. The third-order valence-electron chi connectivity index (χ3n) is 4.15. The van der Waals surface area contributed by atoms with Gasteiger partial charge >= 0.3 is 0 Å². The van der Waals surface area contributed by atoms with E-state index in [9.17, 15) is 4.79 Å². The molecule has 0 aliphatic carbocycles. The van der Waals surface area contributed by atoms with Gasteiger partial charge in [0.2, 0.25) is 5.91 Å². The molecule has 0 aliphatic heterocycles. The zero-order chi connectivity index (χ0) is 22.5. The molecule has 31 heavy (non-hydrogen) atoms. The summed E-state index contributed by atoms with van der Waals surface area (Å²) in [7, 11) is 0. The molecule has 0 spiro atoms. The largest absolute Gasteiger partial charge is 0.483 e. The highest BCUT2D eigenvalue weighted by atomic mass is 35.5. The van der Waals surface area contributed by atoms with Gasteiger partial charge in [-0.05, 0) is 44.2 Å². The van der Waals surface area contributed by atoms with Crippen LogP contribution in [-0.4, -0.2) is 26.4 Å². The number of carbonyl (C=O) groups is 1. The fraction of sp³-hybridized carbons (Fsp3) is 0.250. The van der Waals surface area contributed by atoms with Crippen molar-refractivity contribution >= 4 is 69.8 Å². The van der Waals surface area contributed by atoms with E-state index in [0.29, 0.717) is 49.1 Å². The van der Waals surface area contributed by atoms with Crippen molar-refractivity contribution in [1.82, 2.24) is 14.8 Å². The third-order valence-corrected chi connectivity index (χ3v) is 6.39. The number of nitrogens with zero attached hydrogens (tertiary/aromatic N) is 3. The number of carbonyl (C=O) groups excluding carboxylic acids is 1. The molecule has 164 valence electrons. The van der Waals surface area contributed by atoms with E-state index in [1.807, 2.05) is 30.5 Å². The number of rotatable bonds is 8. The number of aromatic nitrogens is 3. The van der Waals surface area contributed by atoms with Gasteiger partial charge in [0.25, 0.3) is 0 Å². The van der Waals surface area contributed by atoms with Gasteiger partial charge in [-0.2, -0.15) is 0 Å². The first kappa shape index (κ1) is 24.0. The number of hydrogen-bond acceptors (Lipinski definition) is 5. The Kier molecular flexibility index (Phi) is 8.36. The smallest absolute Gasteiger partial charge is 0.234 e. The molecule has 0 saturated carbocycles. The van der Waals surface area contributed by atoms with Crippen molar-refractivity contribution < 1.29 is 9.53 Å². The Morgan fingerprint density at radius 1 is 1.13 bits per heavy atom. The van der Waals surface area contributed by atoms with E-state index < -0.39 is 0 Å². The Labute approximate surface area is 204 Å². The monoisotopic (exact) mass is 518 g/mol. The van der Waals surface area contributed by atoms with Gasteiger partial charge in [-0.3, -0.25) is 4.79 Å². The standard InChI is InChI=1S/C20H18Cl4N4O2S/c1-3-28-19(11(2)30-13-6-4-5-12(21)7-13)26-27-20(28)31-10-18(29)25-17-9-15(23)14(22)8-16(17)24/h4-9,11H,3,10H2,1-2H3,(H,25,29). The number of anilines is 1. The second-order valence-corrected chi connectivity index (χ2v) is 8.99. The van der Waals surface area contributed by atoms with Crippen molar-refractivity contribution in [3.63, 3.8) is 0 Å². The lowest BCUT2D eigenvalue weighted by Gasteiger charge is -2.15. The van der Waals surface area contributed by atoms with Crippen LogP contribution in [0.3, 0.4) is 0 Å². The fourth-order valence-corrected chi connectivity index (χ4v) is 4.32. The van der Waals surface area contributed by atoms with Gasteiger partial charge in [-0.1, -0.05) is 64.2 Å². The number of ether oxygens (including phenoxy) is 1. The highest BCUT2D eigenvalue weighted by molar-refractivity contribution is 7.99. The van der Waals surface area contributed by atoms with Gasteiger partial charge in [0.05, 0.1) is 26.5 Å². The second-order valence-electron chi connectivity index (χ2n) is 6.39. The van der Waals surface area contributed by atoms with Crippen LogP contribution in [-0.2, 0) is 11.3 Å². The second kappa shape index (κ2) is 10.8. The lowest BCUT2D eigenvalue weighted by Crippen LogP contribution is -2.15. The van der Waals surface area contributed by atoms with E-state index in [1.165, 1.54) is 23.9 Å². The molecule has 2 aromatic carbocycles. The average molecular weight is 520 g/mol. The Balaban J connectivity index is 1.65. The molecule has 1 heterocycles. The van der Waals surface area contributed by atoms with Crippen LogP contribution in [0.4, 0.5) is 5.69 Å². The van der Waals surface area contributed by atoms with Gasteiger partial charge < -0.3 is 14.6 Å².